The SMILES string of the molecule is CC[C@@H](C(=O)NC)N(Cc1cccc(OC)c1)C(=O)CN(c1ccc2c(c1)OCO2)S(=O)(=O)CC. The van der Waals surface area contributed by atoms with Crippen LogP contribution in [-0.4, -0.2) is 64.4 Å². The number of hydrogen-bond acceptors (Lipinski definition) is 7. The zero-order chi connectivity index (χ0) is 25.6. The standard InChI is InChI=1S/C24H31N3O7S/c1-5-20(24(29)25-3)26(14-17-8-7-9-19(12-17)32-4)23(28)15-27(35(30,31)6-2)18-10-11-21-22(13-18)34-16-33-21/h7-13,20H,5-6,14-16H2,1-4H3,(H,25,29)/t20-/m0/s1. The molecule has 0 radical (unpaired) electrons. The highest BCUT2D eigenvalue weighted by molar-refractivity contribution is 7.92. The molecule has 190 valence electrons. The molecular weight excluding hydrogens is 474 g/mol. The number of amides is 2. The van der Waals surface area contributed by atoms with E-state index in [0.717, 1.165) is 9.87 Å². The number of carbonyl (C=O) groups is 2. The molecule has 2 aromatic rings. The zero-order valence-corrected chi connectivity index (χ0v) is 21.1. The number of likely N-dealkylation sites (N-methyl/N-ethyl adjacent to an activating group) is 1. The van der Waals surface area contributed by atoms with Crippen molar-refractivity contribution in [2.75, 3.05) is 37.6 Å². The van der Waals surface area contributed by atoms with E-state index < -0.39 is 28.5 Å². The van der Waals surface area contributed by atoms with Gasteiger partial charge in [-0.3, -0.25) is 13.9 Å². The topological polar surface area (TPSA) is 114 Å². The molecule has 1 aliphatic rings. The number of nitrogens with zero attached hydrogens (tertiary/aromatic N) is 2. The maximum absolute atomic E-state index is 13.7. The zero-order valence-electron chi connectivity index (χ0n) is 20.3. The number of rotatable bonds is 11. The molecule has 0 aliphatic carbocycles. The first kappa shape index (κ1) is 26.1. The smallest absolute Gasteiger partial charge is 0.244 e. The Kier molecular flexibility index (Phi) is 8.44. The number of fused-ring (bicyclic) bond motifs is 1. The van der Waals surface area contributed by atoms with E-state index in [1.807, 2.05) is 6.07 Å². The second kappa shape index (κ2) is 11.3. The Hall–Kier alpha value is -3.47. The Morgan fingerprint density at radius 3 is 2.51 bits per heavy atom. The molecule has 0 spiro atoms. The van der Waals surface area contributed by atoms with Gasteiger partial charge in [-0.1, -0.05) is 19.1 Å². The average molecular weight is 506 g/mol. The van der Waals surface area contributed by atoms with Gasteiger partial charge in [0, 0.05) is 19.7 Å². The fraction of sp³-hybridized carbons (Fsp3) is 0.417. The predicted octanol–water partition coefficient (Wildman–Crippen LogP) is 2.13. The van der Waals surface area contributed by atoms with Gasteiger partial charge in [-0.25, -0.2) is 8.42 Å². The quantitative estimate of drug-likeness (QED) is 0.498. The van der Waals surface area contributed by atoms with Crippen molar-refractivity contribution in [2.24, 2.45) is 0 Å². The molecule has 1 atom stereocenters. The lowest BCUT2D eigenvalue weighted by atomic mass is 10.1. The van der Waals surface area contributed by atoms with Crippen LogP contribution in [0.15, 0.2) is 42.5 Å². The summed E-state index contributed by atoms with van der Waals surface area (Å²) in [4.78, 5) is 27.7. The first-order valence-electron chi connectivity index (χ1n) is 11.3. The van der Waals surface area contributed by atoms with Crippen LogP contribution in [-0.2, 0) is 26.2 Å². The summed E-state index contributed by atoms with van der Waals surface area (Å²) in [6.07, 6.45) is 0.347. The van der Waals surface area contributed by atoms with Gasteiger partial charge in [0.1, 0.15) is 18.3 Å². The van der Waals surface area contributed by atoms with E-state index in [2.05, 4.69) is 5.32 Å². The van der Waals surface area contributed by atoms with Crippen molar-refractivity contribution in [1.82, 2.24) is 10.2 Å². The summed E-state index contributed by atoms with van der Waals surface area (Å²) in [5.41, 5.74) is 1.02. The van der Waals surface area contributed by atoms with Crippen molar-refractivity contribution in [2.45, 2.75) is 32.9 Å². The normalized spacial score (nSPS) is 13.1. The van der Waals surface area contributed by atoms with Crippen molar-refractivity contribution in [3.8, 4) is 17.2 Å². The first-order chi connectivity index (χ1) is 16.7. The molecule has 3 rings (SSSR count). The highest BCUT2D eigenvalue weighted by Crippen LogP contribution is 2.36. The largest absolute Gasteiger partial charge is 0.497 e. The molecule has 10 nitrogen and oxygen atoms in total. The second-order valence-corrected chi connectivity index (χ2v) is 10.0. The van der Waals surface area contributed by atoms with E-state index in [1.165, 1.54) is 24.9 Å². The molecule has 0 saturated carbocycles. The predicted molar refractivity (Wildman–Crippen MR) is 131 cm³/mol. The number of hydrogen-bond donors (Lipinski definition) is 1. The Labute approximate surface area is 205 Å². The molecule has 0 saturated heterocycles. The van der Waals surface area contributed by atoms with Crippen LogP contribution >= 0.6 is 0 Å². The number of carbonyl (C=O) groups excluding carboxylic acids is 2. The minimum absolute atomic E-state index is 0.0386. The third-order valence-electron chi connectivity index (χ3n) is 5.74. The van der Waals surface area contributed by atoms with Crippen molar-refractivity contribution in [1.29, 1.82) is 0 Å². The second-order valence-electron chi connectivity index (χ2n) is 7.86. The van der Waals surface area contributed by atoms with Crippen LogP contribution in [0.3, 0.4) is 0 Å². The summed E-state index contributed by atoms with van der Waals surface area (Å²) < 4.78 is 43.1. The Morgan fingerprint density at radius 2 is 1.86 bits per heavy atom. The lowest BCUT2D eigenvalue weighted by Gasteiger charge is -2.33. The molecular formula is C24H31N3O7S. The maximum Gasteiger partial charge on any atom is 0.244 e. The van der Waals surface area contributed by atoms with Crippen LogP contribution < -0.4 is 23.8 Å². The minimum atomic E-state index is -3.83. The van der Waals surface area contributed by atoms with Gasteiger partial charge < -0.3 is 24.4 Å². The van der Waals surface area contributed by atoms with Gasteiger partial charge in [0.25, 0.3) is 0 Å². The highest BCUT2D eigenvalue weighted by atomic mass is 32.2. The van der Waals surface area contributed by atoms with Gasteiger partial charge in [-0.15, -0.1) is 0 Å². The van der Waals surface area contributed by atoms with Gasteiger partial charge in [0.15, 0.2) is 11.5 Å². The van der Waals surface area contributed by atoms with Crippen LogP contribution in [0.25, 0.3) is 0 Å². The Bertz CT molecular complexity index is 1170. The van der Waals surface area contributed by atoms with Gasteiger partial charge in [-0.2, -0.15) is 0 Å². The summed E-state index contributed by atoms with van der Waals surface area (Å²) >= 11 is 0. The molecule has 0 fully saturated rings. The van der Waals surface area contributed by atoms with Gasteiger partial charge >= 0.3 is 0 Å². The van der Waals surface area contributed by atoms with E-state index in [-0.39, 0.29) is 30.7 Å². The molecule has 2 amide bonds. The van der Waals surface area contributed by atoms with Gasteiger partial charge in [-0.05, 0) is 43.2 Å². The summed E-state index contributed by atoms with van der Waals surface area (Å²) in [6.45, 7) is 2.96. The molecule has 0 unspecified atom stereocenters. The number of anilines is 1. The van der Waals surface area contributed by atoms with Crippen molar-refractivity contribution >= 4 is 27.5 Å². The molecule has 0 bridgehead atoms. The third-order valence-corrected chi connectivity index (χ3v) is 7.48. The fourth-order valence-corrected chi connectivity index (χ4v) is 4.87. The van der Waals surface area contributed by atoms with Crippen molar-refractivity contribution in [3.63, 3.8) is 0 Å². The van der Waals surface area contributed by atoms with Gasteiger partial charge in [0.05, 0.1) is 18.6 Å². The Balaban J connectivity index is 1.97. The van der Waals surface area contributed by atoms with Crippen LogP contribution in [0.4, 0.5) is 5.69 Å². The monoisotopic (exact) mass is 505 g/mol. The summed E-state index contributed by atoms with van der Waals surface area (Å²) in [5.74, 6) is 0.445. The number of nitrogens with one attached hydrogen (secondary N) is 1. The van der Waals surface area contributed by atoms with E-state index in [1.54, 1.807) is 44.4 Å². The molecule has 2 aromatic carbocycles. The fourth-order valence-electron chi connectivity index (χ4n) is 3.81. The molecule has 1 heterocycles. The summed E-state index contributed by atoms with van der Waals surface area (Å²) in [7, 11) is -0.791. The first-order valence-corrected chi connectivity index (χ1v) is 12.9. The number of sulfonamides is 1. The number of ether oxygens (including phenoxy) is 3. The molecule has 35 heavy (non-hydrogen) atoms. The van der Waals surface area contributed by atoms with Gasteiger partial charge in [0.2, 0.25) is 28.6 Å². The average Bonchev–Trinajstić information content (AvgIpc) is 3.34. The lowest BCUT2D eigenvalue weighted by Crippen LogP contribution is -2.52. The number of methoxy groups -OCH3 is 1. The van der Waals surface area contributed by atoms with Crippen molar-refractivity contribution in [3.05, 3.63) is 48.0 Å². The molecule has 11 heteroatoms. The third kappa shape index (κ3) is 5.97. The number of benzene rings is 2. The van der Waals surface area contributed by atoms with E-state index in [9.17, 15) is 18.0 Å². The van der Waals surface area contributed by atoms with E-state index in [4.69, 9.17) is 14.2 Å². The Morgan fingerprint density at radius 1 is 1.11 bits per heavy atom. The van der Waals surface area contributed by atoms with E-state index >= 15 is 0 Å². The molecule has 1 N–H and O–H groups in total. The van der Waals surface area contributed by atoms with Crippen LogP contribution in [0.1, 0.15) is 25.8 Å². The molecule has 1 aliphatic heterocycles. The molecule has 0 aromatic heterocycles. The van der Waals surface area contributed by atoms with Crippen LogP contribution in [0, 0.1) is 0 Å². The lowest BCUT2D eigenvalue weighted by molar-refractivity contribution is -0.140. The minimum Gasteiger partial charge on any atom is -0.497 e. The summed E-state index contributed by atoms with van der Waals surface area (Å²) in [6, 6.07) is 11.1. The summed E-state index contributed by atoms with van der Waals surface area (Å²) in [5, 5.41) is 2.59. The van der Waals surface area contributed by atoms with Crippen molar-refractivity contribution < 1.29 is 32.2 Å². The van der Waals surface area contributed by atoms with E-state index in [0.29, 0.717) is 23.7 Å². The maximum atomic E-state index is 13.7. The van der Waals surface area contributed by atoms with Crippen LogP contribution in [0.5, 0.6) is 17.2 Å². The highest BCUT2D eigenvalue weighted by Gasteiger charge is 2.32. The van der Waals surface area contributed by atoms with Crippen LogP contribution in [0.2, 0.25) is 0 Å².